The molecule has 1 aromatic rings. The predicted molar refractivity (Wildman–Crippen MR) is 46.7 cm³/mol. The number of nitrogens with one attached hydrogen (secondary N) is 1. The highest BCUT2D eigenvalue weighted by atomic mass is 16.6. The number of aromatic nitrogens is 1. The van der Waals surface area contributed by atoms with Crippen molar-refractivity contribution >= 4 is 11.5 Å². The van der Waals surface area contributed by atoms with Crippen LogP contribution in [0.15, 0.2) is 12.3 Å². The number of anilines is 1. The Kier molecular flexibility index (Phi) is 2.63. The highest BCUT2D eigenvalue weighted by molar-refractivity contribution is 5.60. The molecule has 0 aliphatic rings. The second kappa shape index (κ2) is 3.70. The molecule has 0 atom stereocenters. The molecule has 6 heteroatoms. The first-order valence-corrected chi connectivity index (χ1v) is 3.73. The van der Waals surface area contributed by atoms with Gasteiger partial charge in [-0.15, -0.1) is 0 Å². The van der Waals surface area contributed by atoms with Gasteiger partial charge in [0.15, 0.2) is 5.82 Å². The zero-order chi connectivity index (χ0) is 9.84. The summed E-state index contributed by atoms with van der Waals surface area (Å²) >= 11 is 0. The molecule has 70 valence electrons. The van der Waals surface area contributed by atoms with Crippen molar-refractivity contribution in [3.8, 4) is 5.75 Å². The smallest absolute Gasteiger partial charge is 0.316 e. The quantitative estimate of drug-likeness (QED) is 0.541. The molecular weight excluding hydrogens is 174 g/mol. The van der Waals surface area contributed by atoms with Crippen LogP contribution in [-0.4, -0.2) is 21.6 Å². The molecule has 0 fully saturated rings. The molecule has 0 saturated carbocycles. The van der Waals surface area contributed by atoms with E-state index in [0.717, 1.165) is 6.07 Å². The minimum Gasteiger partial charge on any atom is -0.500 e. The molecule has 1 aromatic heterocycles. The summed E-state index contributed by atoms with van der Waals surface area (Å²) in [6.07, 6.45) is 1.27. The van der Waals surface area contributed by atoms with E-state index >= 15 is 0 Å². The lowest BCUT2D eigenvalue weighted by molar-refractivity contribution is -0.385. The number of hydrogen-bond acceptors (Lipinski definition) is 5. The van der Waals surface area contributed by atoms with Crippen molar-refractivity contribution < 1.29 is 10.0 Å². The Morgan fingerprint density at radius 3 is 3.00 bits per heavy atom. The third-order valence-corrected chi connectivity index (χ3v) is 1.44. The van der Waals surface area contributed by atoms with Gasteiger partial charge >= 0.3 is 5.69 Å². The predicted octanol–water partition coefficient (Wildman–Crippen LogP) is 1.13. The number of pyridine rings is 1. The Hall–Kier alpha value is -1.85. The minimum atomic E-state index is -0.655. The van der Waals surface area contributed by atoms with Gasteiger partial charge in [-0.05, 0) is 6.92 Å². The lowest BCUT2D eigenvalue weighted by Crippen LogP contribution is -2.00. The van der Waals surface area contributed by atoms with Crippen molar-refractivity contribution in [1.29, 1.82) is 0 Å². The van der Waals surface area contributed by atoms with Crippen LogP contribution in [0, 0.1) is 10.1 Å². The molecule has 0 amide bonds. The van der Waals surface area contributed by atoms with Gasteiger partial charge in [0.2, 0.25) is 5.75 Å². The Morgan fingerprint density at radius 2 is 2.46 bits per heavy atom. The van der Waals surface area contributed by atoms with E-state index in [4.69, 9.17) is 0 Å². The number of nitro groups is 1. The van der Waals surface area contributed by atoms with E-state index in [0.29, 0.717) is 6.54 Å². The standard InChI is InChI=1S/C7H9N3O3/c1-2-8-7-6(11)5(10(12)13)3-4-9-7/h3-4,11H,2H2,1H3,(H,8,9). The fourth-order valence-electron chi connectivity index (χ4n) is 0.888. The second-order valence-electron chi connectivity index (χ2n) is 2.31. The average Bonchev–Trinajstić information content (AvgIpc) is 2.08. The second-order valence-corrected chi connectivity index (χ2v) is 2.31. The summed E-state index contributed by atoms with van der Waals surface area (Å²) in [7, 11) is 0. The van der Waals surface area contributed by atoms with Crippen LogP contribution in [0.4, 0.5) is 11.5 Å². The van der Waals surface area contributed by atoms with E-state index in [2.05, 4.69) is 10.3 Å². The first-order valence-electron chi connectivity index (χ1n) is 3.73. The van der Waals surface area contributed by atoms with E-state index in [1.165, 1.54) is 6.20 Å². The molecule has 0 aromatic carbocycles. The maximum absolute atomic E-state index is 10.4. The Morgan fingerprint density at radius 1 is 1.77 bits per heavy atom. The highest BCUT2D eigenvalue weighted by Gasteiger charge is 2.16. The van der Waals surface area contributed by atoms with Crippen molar-refractivity contribution in [2.24, 2.45) is 0 Å². The number of nitrogens with zero attached hydrogens (tertiary/aromatic N) is 2. The van der Waals surface area contributed by atoms with Gasteiger partial charge in [-0.3, -0.25) is 10.1 Å². The maximum atomic E-state index is 10.4. The van der Waals surface area contributed by atoms with Crippen LogP contribution in [0.2, 0.25) is 0 Å². The molecule has 1 heterocycles. The third kappa shape index (κ3) is 1.84. The molecule has 1 rings (SSSR count). The molecular formula is C7H9N3O3. The highest BCUT2D eigenvalue weighted by Crippen LogP contribution is 2.30. The van der Waals surface area contributed by atoms with Gasteiger partial charge in [-0.2, -0.15) is 0 Å². The summed E-state index contributed by atoms with van der Waals surface area (Å²) < 4.78 is 0. The number of aromatic hydroxyl groups is 1. The van der Waals surface area contributed by atoms with E-state index < -0.39 is 10.7 Å². The lowest BCUT2D eigenvalue weighted by atomic mass is 10.3. The molecule has 0 bridgehead atoms. The van der Waals surface area contributed by atoms with Gasteiger partial charge in [0.1, 0.15) is 0 Å². The fourth-order valence-corrected chi connectivity index (χ4v) is 0.888. The molecule has 13 heavy (non-hydrogen) atoms. The van der Waals surface area contributed by atoms with Crippen LogP contribution in [0.25, 0.3) is 0 Å². The monoisotopic (exact) mass is 183 g/mol. The lowest BCUT2D eigenvalue weighted by Gasteiger charge is -2.03. The molecule has 0 saturated heterocycles. The van der Waals surface area contributed by atoms with Gasteiger partial charge in [-0.1, -0.05) is 0 Å². The molecule has 0 spiro atoms. The van der Waals surface area contributed by atoms with E-state index in [1.807, 2.05) is 0 Å². The van der Waals surface area contributed by atoms with Gasteiger partial charge in [0.25, 0.3) is 0 Å². The summed E-state index contributed by atoms with van der Waals surface area (Å²) in [6.45, 7) is 2.35. The van der Waals surface area contributed by atoms with Crippen LogP contribution in [0.5, 0.6) is 5.75 Å². The summed E-state index contributed by atoms with van der Waals surface area (Å²) in [5.41, 5.74) is -0.342. The van der Waals surface area contributed by atoms with Gasteiger partial charge in [-0.25, -0.2) is 4.98 Å². The van der Waals surface area contributed by atoms with E-state index in [1.54, 1.807) is 6.92 Å². The average molecular weight is 183 g/mol. The minimum absolute atomic E-state index is 0.136. The van der Waals surface area contributed by atoms with Crippen molar-refractivity contribution in [3.05, 3.63) is 22.4 Å². The van der Waals surface area contributed by atoms with Crippen molar-refractivity contribution in [3.63, 3.8) is 0 Å². The first kappa shape index (κ1) is 9.24. The van der Waals surface area contributed by atoms with Crippen LogP contribution >= 0.6 is 0 Å². The fraction of sp³-hybridized carbons (Fsp3) is 0.286. The topological polar surface area (TPSA) is 88.3 Å². The van der Waals surface area contributed by atoms with Crippen molar-refractivity contribution in [2.75, 3.05) is 11.9 Å². The Labute approximate surface area is 74.4 Å². The molecule has 0 aliphatic carbocycles. The van der Waals surface area contributed by atoms with Crippen LogP contribution in [-0.2, 0) is 0 Å². The van der Waals surface area contributed by atoms with Crippen LogP contribution in [0.3, 0.4) is 0 Å². The summed E-state index contributed by atoms with van der Waals surface area (Å²) in [5.74, 6) is -0.286. The normalized spacial score (nSPS) is 9.62. The Bertz CT molecular complexity index is 327. The zero-order valence-corrected chi connectivity index (χ0v) is 7.02. The van der Waals surface area contributed by atoms with Crippen LogP contribution in [0.1, 0.15) is 6.92 Å². The number of hydrogen-bond donors (Lipinski definition) is 2. The van der Waals surface area contributed by atoms with E-state index in [9.17, 15) is 15.2 Å². The van der Waals surface area contributed by atoms with Gasteiger partial charge in [0, 0.05) is 18.8 Å². The van der Waals surface area contributed by atoms with Gasteiger partial charge in [0.05, 0.1) is 4.92 Å². The largest absolute Gasteiger partial charge is 0.500 e. The van der Waals surface area contributed by atoms with E-state index in [-0.39, 0.29) is 11.5 Å². The molecule has 0 unspecified atom stereocenters. The number of rotatable bonds is 3. The molecule has 6 nitrogen and oxygen atoms in total. The molecule has 0 radical (unpaired) electrons. The van der Waals surface area contributed by atoms with Crippen molar-refractivity contribution in [1.82, 2.24) is 4.98 Å². The summed E-state index contributed by atoms with van der Waals surface area (Å²) in [5, 5.41) is 22.4. The molecule has 2 N–H and O–H groups in total. The third-order valence-electron chi connectivity index (χ3n) is 1.44. The SMILES string of the molecule is CCNc1nccc([N+](=O)[O-])c1O. The summed E-state index contributed by atoms with van der Waals surface area (Å²) in [4.78, 5) is 13.5. The Balaban J connectivity index is 3.10. The first-order chi connectivity index (χ1) is 6.16. The van der Waals surface area contributed by atoms with Crippen LogP contribution < -0.4 is 5.32 Å². The maximum Gasteiger partial charge on any atom is 0.316 e. The van der Waals surface area contributed by atoms with Crippen molar-refractivity contribution in [2.45, 2.75) is 6.92 Å². The van der Waals surface area contributed by atoms with Gasteiger partial charge < -0.3 is 10.4 Å². The zero-order valence-electron chi connectivity index (χ0n) is 7.02. The molecule has 0 aliphatic heterocycles. The summed E-state index contributed by atoms with van der Waals surface area (Å²) in [6, 6.07) is 1.15.